The number of guanidine groups is 1. The Morgan fingerprint density at radius 2 is 1.76 bits per heavy atom. The summed E-state index contributed by atoms with van der Waals surface area (Å²) in [5.41, 5.74) is 0. The summed E-state index contributed by atoms with van der Waals surface area (Å²) in [6.07, 6.45) is 11.5. The molecular formula is C21H40N4O3S. The Bertz CT molecular complexity index is 632. The largest absolute Gasteiger partial charge is 0.381 e. The third-order valence-electron chi connectivity index (χ3n) is 7.02. The average molecular weight is 429 g/mol. The molecule has 2 saturated heterocycles. The van der Waals surface area contributed by atoms with Gasteiger partial charge in [0.1, 0.15) is 0 Å². The van der Waals surface area contributed by atoms with Gasteiger partial charge in [-0.25, -0.2) is 8.42 Å². The molecule has 0 amide bonds. The van der Waals surface area contributed by atoms with Crippen LogP contribution in [-0.4, -0.2) is 81.8 Å². The molecule has 7 nitrogen and oxygen atoms in total. The maximum atomic E-state index is 12.5. The maximum absolute atomic E-state index is 12.5. The number of ether oxygens (including phenoxy) is 1. The van der Waals surface area contributed by atoms with E-state index >= 15 is 0 Å². The quantitative estimate of drug-likeness (QED) is 0.497. The van der Waals surface area contributed by atoms with Crippen LogP contribution >= 0.6 is 0 Å². The number of rotatable bonds is 6. The highest BCUT2D eigenvalue weighted by Crippen LogP contribution is 2.30. The predicted molar refractivity (Wildman–Crippen MR) is 118 cm³/mol. The van der Waals surface area contributed by atoms with Crippen LogP contribution in [0.25, 0.3) is 0 Å². The molecular weight excluding hydrogens is 388 g/mol. The van der Waals surface area contributed by atoms with Gasteiger partial charge >= 0.3 is 0 Å². The second kappa shape index (κ2) is 10.4. The standard InChI is InChI=1S/C21H40N4O3S/c1-3-22-20(23-17-21(29(2,26)27)11-15-28-16-12-21)24-18-9-13-25(14-10-18)19-7-5-4-6-8-19/h18-19H,3-17H2,1-2H3,(H2,22,23,24). The van der Waals surface area contributed by atoms with Gasteiger partial charge in [0.05, 0.1) is 11.3 Å². The van der Waals surface area contributed by atoms with Crippen LogP contribution in [-0.2, 0) is 14.6 Å². The minimum absolute atomic E-state index is 0.297. The molecule has 2 heterocycles. The summed E-state index contributed by atoms with van der Waals surface area (Å²) in [5, 5.41) is 6.89. The van der Waals surface area contributed by atoms with E-state index in [1.165, 1.54) is 38.4 Å². The average Bonchev–Trinajstić information content (AvgIpc) is 2.73. The smallest absolute Gasteiger partial charge is 0.191 e. The number of sulfone groups is 1. The molecule has 3 aliphatic rings. The Kier molecular flexibility index (Phi) is 8.22. The van der Waals surface area contributed by atoms with Crippen LogP contribution in [0.2, 0.25) is 0 Å². The van der Waals surface area contributed by atoms with E-state index in [0.717, 1.165) is 44.5 Å². The molecule has 1 aliphatic carbocycles. The summed E-state index contributed by atoms with van der Waals surface area (Å²) in [5.74, 6) is 0.748. The number of aliphatic imine (C=N–C) groups is 1. The number of likely N-dealkylation sites (tertiary alicyclic amines) is 1. The van der Waals surface area contributed by atoms with Crippen molar-refractivity contribution in [1.29, 1.82) is 0 Å². The summed E-state index contributed by atoms with van der Waals surface area (Å²) < 4.78 is 29.6. The van der Waals surface area contributed by atoms with Crippen molar-refractivity contribution in [3.05, 3.63) is 0 Å². The first-order valence-electron chi connectivity index (χ1n) is 11.5. The number of piperidine rings is 1. The van der Waals surface area contributed by atoms with Crippen molar-refractivity contribution in [3.63, 3.8) is 0 Å². The number of hydrogen-bond donors (Lipinski definition) is 2. The van der Waals surface area contributed by atoms with Gasteiger partial charge in [-0.2, -0.15) is 0 Å². The fourth-order valence-corrected chi connectivity index (χ4v) is 6.19. The summed E-state index contributed by atoms with van der Waals surface area (Å²) >= 11 is 0. The van der Waals surface area contributed by atoms with Crippen molar-refractivity contribution < 1.29 is 13.2 Å². The Labute approximate surface area is 177 Å². The van der Waals surface area contributed by atoms with E-state index in [9.17, 15) is 8.42 Å². The molecule has 3 fully saturated rings. The lowest BCUT2D eigenvalue weighted by Crippen LogP contribution is -2.52. The number of nitrogens with zero attached hydrogens (tertiary/aromatic N) is 2. The zero-order valence-electron chi connectivity index (χ0n) is 18.3. The van der Waals surface area contributed by atoms with E-state index < -0.39 is 14.6 Å². The Morgan fingerprint density at radius 3 is 2.34 bits per heavy atom. The van der Waals surface area contributed by atoms with Crippen molar-refractivity contribution in [2.24, 2.45) is 4.99 Å². The van der Waals surface area contributed by atoms with Gasteiger partial charge in [0.15, 0.2) is 15.8 Å². The molecule has 0 spiro atoms. The van der Waals surface area contributed by atoms with E-state index in [2.05, 4.69) is 15.5 Å². The fraction of sp³-hybridized carbons (Fsp3) is 0.952. The molecule has 0 aromatic heterocycles. The monoisotopic (exact) mass is 428 g/mol. The van der Waals surface area contributed by atoms with Crippen molar-refractivity contribution in [1.82, 2.24) is 15.5 Å². The highest BCUT2D eigenvalue weighted by atomic mass is 32.2. The summed E-state index contributed by atoms with van der Waals surface area (Å²) in [6, 6.07) is 1.19. The third-order valence-corrected chi connectivity index (χ3v) is 9.13. The van der Waals surface area contributed by atoms with Crippen molar-refractivity contribution >= 4 is 15.8 Å². The lowest BCUT2D eigenvalue weighted by atomic mass is 9.92. The van der Waals surface area contributed by atoms with Crippen LogP contribution in [0.5, 0.6) is 0 Å². The van der Waals surface area contributed by atoms with Gasteiger partial charge in [0, 0.05) is 51.2 Å². The molecule has 0 atom stereocenters. The van der Waals surface area contributed by atoms with Gasteiger partial charge in [-0.15, -0.1) is 0 Å². The molecule has 29 heavy (non-hydrogen) atoms. The molecule has 0 aromatic rings. The van der Waals surface area contributed by atoms with E-state index in [4.69, 9.17) is 9.73 Å². The topological polar surface area (TPSA) is 83.0 Å². The lowest BCUT2D eigenvalue weighted by Gasteiger charge is -2.39. The first-order valence-corrected chi connectivity index (χ1v) is 13.4. The van der Waals surface area contributed by atoms with E-state index in [1.54, 1.807) is 0 Å². The molecule has 0 radical (unpaired) electrons. The molecule has 0 unspecified atom stereocenters. The summed E-state index contributed by atoms with van der Waals surface area (Å²) in [6.45, 7) is 6.38. The van der Waals surface area contributed by atoms with Gasteiger partial charge < -0.3 is 20.3 Å². The predicted octanol–water partition coefficient (Wildman–Crippen LogP) is 1.93. The van der Waals surface area contributed by atoms with Crippen molar-refractivity contribution in [2.45, 2.75) is 81.5 Å². The first-order chi connectivity index (χ1) is 13.9. The molecule has 0 aromatic carbocycles. The van der Waals surface area contributed by atoms with Gasteiger partial charge in [-0.05, 0) is 45.4 Å². The molecule has 1 saturated carbocycles. The van der Waals surface area contributed by atoms with Crippen molar-refractivity contribution in [3.8, 4) is 0 Å². The molecule has 3 rings (SSSR count). The van der Waals surface area contributed by atoms with Crippen molar-refractivity contribution in [2.75, 3.05) is 45.6 Å². The third kappa shape index (κ3) is 6.07. The molecule has 2 aliphatic heterocycles. The van der Waals surface area contributed by atoms with E-state index in [-0.39, 0.29) is 0 Å². The Hall–Kier alpha value is -0.860. The molecule has 8 heteroatoms. The highest BCUT2D eigenvalue weighted by molar-refractivity contribution is 7.92. The number of nitrogens with one attached hydrogen (secondary N) is 2. The molecule has 0 bridgehead atoms. The Morgan fingerprint density at radius 1 is 1.10 bits per heavy atom. The van der Waals surface area contributed by atoms with Gasteiger partial charge in [-0.3, -0.25) is 4.99 Å². The lowest BCUT2D eigenvalue weighted by molar-refractivity contribution is 0.0767. The SMILES string of the molecule is CCNC(=NCC1(S(C)(=O)=O)CCOCC1)NC1CCN(C2CCCCC2)CC1. The molecule has 168 valence electrons. The minimum atomic E-state index is -3.20. The zero-order valence-corrected chi connectivity index (χ0v) is 19.1. The second-order valence-corrected chi connectivity index (χ2v) is 11.4. The Balaban J connectivity index is 1.56. The molecule has 2 N–H and O–H groups in total. The van der Waals surface area contributed by atoms with Gasteiger partial charge in [0.25, 0.3) is 0 Å². The van der Waals surface area contributed by atoms with Gasteiger partial charge in [0.2, 0.25) is 0 Å². The second-order valence-electron chi connectivity index (χ2n) is 9.01. The van der Waals surface area contributed by atoms with Crippen LogP contribution in [0.3, 0.4) is 0 Å². The van der Waals surface area contributed by atoms with E-state index in [0.29, 0.717) is 38.6 Å². The summed E-state index contributed by atoms with van der Waals surface area (Å²) in [7, 11) is -3.20. The zero-order chi connectivity index (χ0) is 20.7. The maximum Gasteiger partial charge on any atom is 0.191 e. The first kappa shape index (κ1) is 22.8. The van der Waals surface area contributed by atoms with Crippen LogP contribution in [0, 0.1) is 0 Å². The van der Waals surface area contributed by atoms with Crippen LogP contribution < -0.4 is 10.6 Å². The fourth-order valence-electron chi connectivity index (χ4n) is 4.98. The van der Waals surface area contributed by atoms with Crippen LogP contribution in [0.1, 0.15) is 64.7 Å². The van der Waals surface area contributed by atoms with Crippen LogP contribution in [0.15, 0.2) is 4.99 Å². The normalized spacial score (nSPS) is 25.7. The highest BCUT2D eigenvalue weighted by Gasteiger charge is 2.42. The number of hydrogen-bond acceptors (Lipinski definition) is 5. The van der Waals surface area contributed by atoms with Crippen LogP contribution in [0.4, 0.5) is 0 Å². The van der Waals surface area contributed by atoms with E-state index in [1.807, 2.05) is 6.92 Å². The summed E-state index contributed by atoms with van der Waals surface area (Å²) in [4.78, 5) is 7.41. The minimum Gasteiger partial charge on any atom is -0.381 e. The van der Waals surface area contributed by atoms with Gasteiger partial charge in [-0.1, -0.05) is 19.3 Å².